The van der Waals surface area contributed by atoms with Crippen LogP contribution in [-0.4, -0.2) is 40.1 Å². The number of piperidine rings is 1. The van der Waals surface area contributed by atoms with Crippen molar-refractivity contribution in [2.45, 2.75) is 18.4 Å². The Morgan fingerprint density at radius 3 is 2.24 bits per heavy atom. The van der Waals surface area contributed by atoms with Gasteiger partial charge in [0, 0.05) is 29.7 Å². The van der Waals surface area contributed by atoms with Gasteiger partial charge in [0.15, 0.2) is 0 Å². The van der Waals surface area contributed by atoms with Gasteiger partial charge in [-0.25, -0.2) is 4.79 Å². The standard InChI is InChI=1S/C15H16BrNO4/c16-12-3-1-11(2-4-12)15(21)7-9-17(10-8-15)13(18)5-6-14(19)20/h1-6,21H,7-10H2,(H,19,20)/b6-5-. The van der Waals surface area contributed by atoms with Crippen molar-refractivity contribution < 1.29 is 19.8 Å². The van der Waals surface area contributed by atoms with Crippen molar-refractivity contribution in [3.8, 4) is 0 Å². The largest absolute Gasteiger partial charge is 0.478 e. The Bertz CT molecular complexity index is 560. The van der Waals surface area contributed by atoms with E-state index in [0.717, 1.165) is 22.2 Å². The molecule has 0 bridgehead atoms. The summed E-state index contributed by atoms with van der Waals surface area (Å²) in [6, 6.07) is 7.48. The number of hydrogen-bond donors (Lipinski definition) is 2. The molecular weight excluding hydrogens is 338 g/mol. The van der Waals surface area contributed by atoms with Crippen LogP contribution in [0.4, 0.5) is 0 Å². The number of benzene rings is 1. The zero-order valence-corrected chi connectivity index (χ0v) is 12.9. The molecule has 1 saturated heterocycles. The summed E-state index contributed by atoms with van der Waals surface area (Å²) in [4.78, 5) is 23.7. The molecule has 6 heteroatoms. The third-order valence-corrected chi connectivity index (χ3v) is 4.18. The number of hydrogen-bond acceptors (Lipinski definition) is 3. The van der Waals surface area contributed by atoms with E-state index < -0.39 is 11.6 Å². The molecule has 0 aromatic heterocycles. The highest BCUT2D eigenvalue weighted by Crippen LogP contribution is 2.33. The lowest BCUT2D eigenvalue weighted by atomic mass is 9.84. The van der Waals surface area contributed by atoms with Gasteiger partial charge in [0.05, 0.1) is 5.60 Å². The Morgan fingerprint density at radius 2 is 1.71 bits per heavy atom. The minimum Gasteiger partial charge on any atom is -0.478 e. The van der Waals surface area contributed by atoms with Gasteiger partial charge in [-0.15, -0.1) is 0 Å². The fraction of sp³-hybridized carbons (Fsp3) is 0.333. The fourth-order valence-electron chi connectivity index (χ4n) is 2.39. The van der Waals surface area contributed by atoms with Crippen molar-refractivity contribution in [1.82, 2.24) is 4.90 Å². The summed E-state index contributed by atoms with van der Waals surface area (Å²) in [6.07, 6.45) is 2.74. The van der Waals surface area contributed by atoms with E-state index in [1.165, 1.54) is 0 Å². The molecule has 21 heavy (non-hydrogen) atoms. The van der Waals surface area contributed by atoms with Crippen LogP contribution in [0.5, 0.6) is 0 Å². The maximum Gasteiger partial charge on any atom is 0.328 e. The van der Waals surface area contributed by atoms with E-state index in [4.69, 9.17) is 5.11 Å². The molecule has 1 heterocycles. The molecule has 2 N–H and O–H groups in total. The van der Waals surface area contributed by atoms with Crippen molar-refractivity contribution in [3.63, 3.8) is 0 Å². The lowest BCUT2D eigenvalue weighted by molar-refractivity contribution is -0.133. The molecule has 112 valence electrons. The van der Waals surface area contributed by atoms with Crippen LogP contribution in [0.1, 0.15) is 18.4 Å². The number of carbonyl (C=O) groups excluding carboxylic acids is 1. The van der Waals surface area contributed by atoms with Gasteiger partial charge in [0.2, 0.25) is 5.91 Å². The van der Waals surface area contributed by atoms with Crippen molar-refractivity contribution in [1.29, 1.82) is 0 Å². The van der Waals surface area contributed by atoms with Crippen LogP contribution in [0.15, 0.2) is 40.9 Å². The molecule has 0 aliphatic carbocycles. The molecule has 1 aromatic rings. The summed E-state index contributed by atoms with van der Waals surface area (Å²) in [5.74, 6) is -1.48. The number of nitrogens with zero attached hydrogens (tertiary/aromatic N) is 1. The van der Waals surface area contributed by atoms with E-state index in [0.29, 0.717) is 25.9 Å². The predicted octanol–water partition coefficient (Wildman–Crippen LogP) is 1.90. The molecule has 0 unspecified atom stereocenters. The van der Waals surface area contributed by atoms with Crippen molar-refractivity contribution in [3.05, 3.63) is 46.5 Å². The number of aliphatic hydroxyl groups is 1. The molecule has 0 spiro atoms. The summed E-state index contributed by atoms with van der Waals surface area (Å²) in [5, 5.41) is 19.2. The zero-order chi connectivity index (χ0) is 15.5. The van der Waals surface area contributed by atoms with Gasteiger partial charge in [-0.05, 0) is 30.5 Å². The topological polar surface area (TPSA) is 77.8 Å². The van der Waals surface area contributed by atoms with Crippen LogP contribution in [0.3, 0.4) is 0 Å². The first-order chi connectivity index (χ1) is 9.90. The second kappa shape index (κ2) is 6.41. The summed E-state index contributed by atoms with van der Waals surface area (Å²) >= 11 is 3.35. The zero-order valence-electron chi connectivity index (χ0n) is 11.3. The van der Waals surface area contributed by atoms with Crippen LogP contribution in [0.2, 0.25) is 0 Å². The Morgan fingerprint density at radius 1 is 1.14 bits per heavy atom. The van der Waals surface area contributed by atoms with Gasteiger partial charge < -0.3 is 15.1 Å². The Hall–Kier alpha value is -1.66. The molecule has 1 amide bonds. The molecular formula is C15H16BrNO4. The van der Waals surface area contributed by atoms with Crippen molar-refractivity contribution >= 4 is 27.8 Å². The molecule has 2 rings (SSSR count). The predicted molar refractivity (Wildman–Crippen MR) is 80.6 cm³/mol. The number of aliphatic carboxylic acids is 1. The maximum absolute atomic E-state index is 11.8. The fourth-order valence-corrected chi connectivity index (χ4v) is 2.66. The third-order valence-electron chi connectivity index (χ3n) is 3.65. The highest BCUT2D eigenvalue weighted by Gasteiger charge is 2.34. The van der Waals surface area contributed by atoms with E-state index in [9.17, 15) is 14.7 Å². The molecule has 1 aromatic carbocycles. The number of carbonyl (C=O) groups is 2. The van der Waals surface area contributed by atoms with Crippen LogP contribution in [0.25, 0.3) is 0 Å². The lowest BCUT2D eigenvalue weighted by Gasteiger charge is -2.38. The van der Waals surface area contributed by atoms with E-state index in [-0.39, 0.29) is 5.91 Å². The number of carboxylic acid groups (broad SMARTS) is 1. The number of amides is 1. The normalized spacial score (nSPS) is 17.9. The van der Waals surface area contributed by atoms with Crippen molar-refractivity contribution in [2.24, 2.45) is 0 Å². The molecule has 1 aliphatic rings. The summed E-state index contributed by atoms with van der Waals surface area (Å²) in [6.45, 7) is 0.796. The van der Waals surface area contributed by atoms with E-state index in [1.54, 1.807) is 4.90 Å². The van der Waals surface area contributed by atoms with Crippen LogP contribution in [0, 0.1) is 0 Å². The lowest BCUT2D eigenvalue weighted by Crippen LogP contribution is -2.44. The summed E-state index contributed by atoms with van der Waals surface area (Å²) in [5.41, 5.74) is -0.104. The third kappa shape index (κ3) is 3.92. The van der Waals surface area contributed by atoms with Crippen LogP contribution < -0.4 is 0 Å². The van der Waals surface area contributed by atoms with Gasteiger partial charge in [0.1, 0.15) is 0 Å². The van der Waals surface area contributed by atoms with E-state index >= 15 is 0 Å². The SMILES string of the molecule is O=C(O)/C=C\C(=O)N1CCC(O)(c2ccc(Br)cc2)CC1. The Balaban J connectivity index is 2.00. The molecule has 1 fully saturated rings. The van der Waals surface area contributed by atoms with Gasteiger partial charge >= 0.3 is 5.97 Å². The Labute approximate surface area is 131 Å². The summed E-state index contributed by atoms with van der Waals surface area (Å²) < 4.78 is 0.946. The molecule has 0 radical (unpaired) electrons. The first-order valence-corrected chi connectivity index (χ1v) is 7.38. The molecule has 5 nitrogen and oxygen atoms in total. The highest BCUT2D eigenvalue weighted by atomic mass is 79.9. The van der Waals surface area contributed by atoms with Crippen molar-refractivity contribution in [2.75, 3.05) is 13.1 Å². The average Bonchev–Trinajstić information content (AvgIpc) is 2.46. The average molecular weight is 354 g/mol. The van der Waals surface area contributed by atoms with E-state index in [1.807, 2.05) is 24.3 Å². The highest BCUT2D eigenvalue weighted by molar-refractivity contribution is 9.10. The number of carboxylic acids is 1. The van der Waals surface area contributed by atoms with Gasteiger partial charge in [-0.2, -0.15) is 0 Å². The maximum atomic E-state index is 11.8. The Kier molecular flexibility index (Phi) is 4.80. The number of halogens is 1. The van der Waals surface area contributed by atoms with Gasteiger partial charge in [-0.3, -0.25) is 4.79 Å². The first kappa shape index (κ1) is 15.7. The second-order valence-electron chi connectivity index (χ2n) is 5.04. The quantitative estimate of drug-likeness (QED) is 0.813. The van der Waals surface area contributed by atoms with Gasteiger partial charge in [0.25, 0.3) is 0 Å². The van der Waals surface area contributed by atoms with Crippen LogP contribution in [-0.2, 0) is 15.2 Å². The minimum absolute atomic E-state index is 0.338. The number of likely N-dealkylation sites (tertiary alicyclic amines) is 1. The molecule has 0 atom stereocenters. The van der Waals surface area contributed by atoms with E-state index in [2.05, 4.69) is 15.9 Å². The minimum atomic E-state index is -1.15. The second-order valence-corrected chi connectivity index (χ2v) is 5.95. The first-order valence-electron chi connectivity index (χ1n) is 6.59. The monoisotopic (exact) mass is 353 g/mol. The smallest absolute Gasteiger partial charge is 0.328 e. The van der Waals surface area contributed by atoms with Gasteiger partial charge in [-0.1, -0.05) is 28.1 Å². The molecule has 0 saturated carbocycles. The molecule has 1 aliphatic heterocycles. The summed E-state index contributed by atoms with van der Waals surface area (Å²) in [7, 11) is 0. The number of rotatable bonds is 3. The van der Waals surface area contributed by atoms with Crippen LogP contribution >= 0.6 is 15.9 Å².